The van der Waals surface area contributed by atoms with E-state index in [1.54, 1.807) is 0 Å². The van der Waals surface area contributed by atoms with E-state index in [2.05, 4.69) is 89.7 Å². The van der Waals surface area contributed by atoms with E-state index in [4.69, 9.17) is 28.9 Å². The molecule has 7 aliphatic rings. The summed E-state index contributed by atoms with van der Waals surface area (Å²) in [5.41, 5.74) is 7.53. The molecule has 2 aliphatic carbocycles. The molecule has 8 atom stereocenters. The molecule has 5 aliphatic heterocycles. The van der Waals surface area contributed by atoms with E-state index < -0.39 is 18.1 Å². The summed E-state index contributed by atoms with van der Waals surface area (Å²) in [5.74, 6) is 0.0687. The van der Waals surface area contributed by atoms with Crippen molar-refractivity contribution in [3.05, 3.63) is 84.4 Å². The lowest BCUT2D eigenvalue weighted by atomic mass is 9.82. The Bertz CT molecular complexity index is 2700. The fourth-order valence-corrected chi connectivity index (χ4v) is 12.5. The highest BCUT2D eigenvalue weighted by molar-refractivity contribution is 6.04. The minimum Gasteiger partial charge on any atom is -0.469 e. The molecule has 356 valence electrons. The molecule has 6 fully saturated rings. The number of alkyl carbamates (subject to hydrolysis) is 1. The molecule has 14 nitrogen and oxygen atoms in total. The number of nitrogens with one attached hydrogen (secondary N) is 2. The van der Waals surface area contributed by atoms with Crippen LogP contribution in [0.3, 0.4) is 0 Å². The number of allylic oxidation sites excluding steroid dienone is 1. The first-order valence-electron chi connectivity index (χ1n) is 24.6. The van der Waals surface area contributed by atoms with Crippen LogP contribution in [0.1, 0.15) is 95.5 Å². The van der Waals surface area contributed by atoms with Gasteiger partial charge in [0.25, 0.3) is 0 Å². The highest BCUT2D eigenvalue weighted by atomic mass is 16.5. The van der Waals surface area contributed by atoms with Crippen LogP contribution in [0, 0.1) is 28.6 Å². The van der Waals surface area contributed by atoms with Crippen molar-refractivity contribution >= 4 is 45.9 Å². The number of nitrogens with zero attached hydrogens (tertiary/aromatic N) is 4. The molecule has 6 heterocycles. The highest BCUT2D eigenvalue weighted by Gasteiger charge is 2.65. The monoisotopic (exact) mass is 922 g/mol. The molecule has 3 amide bonds. The van der Waals surface area contributed by atoms with E-state index in [0.29, 0.717) is 45.7 Å². The van der Waals surface area contributed by atoms with Gasteiger partial charge < -0.3 is 39.0 Å². The maximum atomic E-state index is 14.5. The fraction of sp³-hybridized carbons (Fsp3) is 0.519. The van der Waals surface area contributed by atoms with Gasteiger partial charge in [0, 0.05) is 62.4 Å². The summed E-state index contributed by atoms with van der Waals surface area (Å²) in [6.07, 6.45) is 10.6. The van der Waals surface area contributed by atoms with Gasteiger partial charge in [-0.1, -0.05) is 62.4 Å². The lowest BCUT2D eigenvalue weighted by molar-refractivity contribution is -0.150. The normalized spacial score (nSPS) is 28.6. The standard InChI is InChI=1S/C54H62N6O8/c1-53-25-43(59(45(53)27-53)50(62)40(24-47(61)65-3)33-13-17-67-18-14-33)41-23-39(29-55-41)32-7-5-31(6-8-32)35-9-10-37-22-38(12-11-36(37)21-35)42-30-56-49(57-42)44-26-54(2)28-46(54)60(44)51(63)48(58-52(64)66-4)34-15-19-68-20-16-34/h5-12,21-22,29-30,33-34,40,43-46,48H,13-20,23-28H2,1-4H3,(H,56,57)(H,58,64)/t40-,43-,44-,45-,46-,48-,53+,54+/m0/s1. The molecule has 2 saturated carbocycles. The minimum atomic E-state index is -0.687. The summed E-state index contributed by atoms with van der Waals surface area (Å²) < 4.78 is 21.2. The molecule has 0 unspecified atom stereocenters. The predicted octanol–water partition coefficient (Wildman–Crippen LogP) is 8.27. The molecule has 2 N–H and O–H groups in total. The van der Waals surface area contributed by atoms with Gasteiger partial charge in [-0.2, -0.15) is 0 Å². The van der Waals surface area contributed by atoms with Crippen molar-refractivity contribution in [3.8, 4) is 22.4 Å². The van der Waals surface area contributed by atoms with Crippen LogP contribution >= 0.6 is 0 Å². The number of hydrogen-bond donors (Lipinski definition) is 2. The zero-order valence-corrected chi connectivity index (χ0v) is 39.5. The third-order valence-corrected chi connectivity index (χ3v) is 16.8. The zero-order valence-electron chi connectivity index (χ0n) is 39.5. The largest absolute Gasteiger partial charge is 0.469 e. The fourth-order valence-electron chi connectivity index (χ4n) is 12.5. The van der Waals surface area contributed by atoms with Gasteiger partial charge in [-0.25, -0.2) is 9.78 Å². The Morgan fingerprint density at radius 2 is 1.32 bits per heavy atom. The number of esters is 1. The number of aromatic amines is 1. The van der Waals surface area contributed by atoms with Crippen LogP contribution in [0.4, 0.5) is 4.79 Å². The predicted molar refractivity (Wildman–Crippen MR) is 256 cm³/mol. The van der Waals surface area contributed by atoms with Gasteiger partial charge in [0.15, 0.2) is 0 Å². The summed E-state index contributed by atoms with van der Waals surface area (Å²) in [5, 5.41) is 5.11. The van der Waals surface area contributed by atoms with Crippen LogP contribution in [0.25, 0.3) is 38.7 Å². The molecule has 4 saturated heterocycles. The SMILES string of the molecule is COC(=O)C[C@H](C(=O)N1[C@H]2C[C@@]2(C)C[C@H]1C1=NC=C(c2ccc(-c3ccc4cc(-c5cnc([C@@H]6C[C@]7(C)C[C@@H]7N6C(=O)[C@@H](NC(=O)OC)C6CCOCC6)[nH]5)ccc4c3)cc2)C1)C1CCOCC1. The second kappa shape index (κ2) is 17.6. The number of aliphatic imine (C=N–C) groups is 1. The van der Waals surface area contributed by atoms with Gasteiger partial charge in [-0.15, -0.1) is 0 Å². The van der Waals surface area contributed by atoms with Crippen LogP contribution in [0.15, 0.2) is 78.1 Å². The van der Waals surface area contributed by atoms with Crippen molar-refractivity contribution < 1.29 is 38.1 Å². The Hall–Kier alpha value is -5.86. The first kappa shape index (κ1) is 44.6. The van der Waals surface area contributed by atoms with Crippen molar-refractivity contribution in [1.82, 2.24) is 25.1 Å². The Kier molecular flexibility index (Phi) is 11.5. The van der Waals surface area contributed by atoms with Crippen molar-refractivity contribution in [3.63, 3.8) is 0 Å². The second-order valence-corrected chi connectivity index (χ2v) is 21.1. The van der Waals surface area contributed by atoms with Gasteiger partial charge in [0.1, 0.15) is 11.9 Å². The average molecular weight is 923 g/mol. The minimum absolute atomic E-state index is 0.0233. The quantitative estimate of drug-likeness (QED) is 0.133. The average Bonchev–Trinajstić information content (AvgIpc) is 3.79. The summed E-state index contributed by atoms with van der Waals surface area (Å²) in [7, 11) is 2.72. The van der Waals surface area contributed by atoms with Crippen molar-refractivity contribution in [2.24, 2.45) is 33.6 Å². The number of carbonyl (C=O) groups excluding carboxylic acids is 4. The van der Waals surface area contributed by atoms with E-state index in [-0.39, 0.29) is 71.0 Å². The van der Waals surface area contributed by atoms with Gasteiger partial charge in [0.05, 0.1) is 50.5 Å². The van der Waals surface area contributed by atoms with Crippen molar-refractivity contribution in [1.29, 1.82) is 0 Å². The molecule has 68 heavy (non-hydrogen) atoms. The number of aromatic nitrogens is 2. The number of benzene rings is 3. The third-order valence-electron chi connectivity index (χ3n) is 16.8. The summed E-state index contributed by atoms with van der Waals surface area (Å²) >= 11 is 0. The number of carbonyl (C=O) groups is 4. The lowest BCUT2D eigenvalue weighted by Crippen LogP contribution is -2.54. The number of H-pyrrole nitrogens is 1. The summed E-state index contributed by atoms with van der Waals surface area (Å²) in [4.78, 5) is 71.4. The first-order valence-corrected chi connectivity index (χ1v) is 24.6. The number of ether oxygens (including phenoxy) is 4. The summed E-state index contributed by atoms with van der Waals surface area (Å²) in [6, 6.07) is 20.9. The van der Waals surface area contributed by atoms with E-state index in [9.17, 15) is 19.2 Å². The number of piperidine rings is 2. The zero-order chi connectivity index (χ0) is 46.9. The van der Waals surface area contributed by atoms with Gasteiger partial charge in [0.2, 0.25) is 11.8 Å². The van der Waals surface area contributed by atoms with E-state index in [0.717, 1.165) is 94.4 Å². The molecule has 3 aromatic carbocycles. The number of methoxy groups -OCH3 is 2. The van der Waals surface area contributed by atoms with Gasteiger partial charge in [-0.3, -0.25) is 19.4 Å². The van der Waals surface area contributed by atoms with Crippen LogP contribution in [-0.4, -0.2) is 114 Å². The number of imidazole rings is 1. The van der Waals surface area contributed by atoms with Crippen LogP contribution in [0.2, 0.25) is 0 Å². The van der Waals surface area contributed by atoms with Gasteiger partial charge >= 0.3 is 12.1 Å². The number of rotatable bonds is 12. The number of amides is 3. The van der Waals surface area contributed by atoms with E-state index in [1.165, 1.54) is 14.2 Å². The molecule has 4 aromatic rings. The van der Waals surface area contributed by atoms with E-state index >= 15 is 0 Å². The molecule has 14 heteroatoms. The third kappa shape index (κ3) is 8.20. The van der Waals surface area contributed by atoms with Crippen LogP contribution in [-0.2, 0) is 33.3 Å². The van der Waals surface area contributed by atoms with E-state index in [1.807, 2.05) is 17.3 Å². The van der Waals surface area contributed by atoms with Crippen LogP contribution in [0.5, 0.6) is 0 Å². The number of likely N-dealkylation sites (tertiary alicyclic amines) is 2. The molecule has 11 rings (SSSR count). The molecular formula is C54H62N6O8. The smallest absolute Gasteiger partial charge is 0.407 e. The lowest BCUT2D eigenvalue weighted by Gasteiger charge is -2.35. The van der Waals surface area contributed by atoms with Crippen LogP contribution < -0.4 is 5.32 Å². The number of fused-ring (bicyclic) bond motifs is 3. The maximum absolute atomic E-state index is 14.5. The molecular weight excluding hydrogens is 861 g/mol. The highest BCUT2D eigenvalue weighted by Crippen LogP contribution is 2.63. The van der Waals surface area contributed by atoms with Crippen molar-refractivity contribution in [2.75, 3.05) is 40.6 Å². The van der Waals surface area contributed by atoms with Gasteiger partial charge in [-0.05, 0) is 119 Å². The summed E-state index contributed by atoms with van der Waals surface area (Å²) in [6.45, 7) is 6.87. The Balaban J connectivity index is 0.757. The molecule has 0 radical (unpaired) electrons. The number of hydrogen-bond acceptors (Lipinski definition) is 10. The first-order chi connectivity index (χ1) is 32.9. The maximum Gasteiger partial charge on any atom is 0.407 e. The topological polar surface area (TPSA) is 165 Å². The second-order valence-electron chi connectivity index (χ2n) is 21.1. The Morgan fingerprint density at radius 3 is 1.99 bits per heavy atom. The Labute approximate surface area is 397 Å². The molecule has 0 bridgehead atoms. The Morgan fingerprint density at radius 1 is 0.735 bits per heavy atom. The molecule has 1 aromatic heterocycles. The molecule has 0 spiro atoms. The van der Waals surface area contributed by atoms with Crippen molar-refractivity contribution in [2.45, 2.75) is 108 Å².